The average molecular weight is 493 g/mol. The molecule has 6 nitrogen and oxygen atoms in total. The van der Waals surface area contributed by atoms with Crippen LogP contribution in [0.5, 0.6) is 5.75 Å². The van der Waals surface area contributed by atoms with E-state index in [4.69, 9.17) is 4.74 Å². The van der Waals surface area contributed by atoms with Crippen LogP contribution >= 0.6 is 0 Å². The number of rotatable bonds is 6. The highest BCUT2D eigenvalue weighted by Gasteiger charge is 2.29. The van der Waals surface area contributed by atoms with E-state index >= 15 is 0 Å². The fourth-order valence-corrected chi connectivity index (χ4v) is 4.68. The first-order chi connectivity index (χ1) is 18.1. The number of esters is 1. The summed E-state index contributed by atoms with van der Waals surface area (Å²) in [6.45, 7) is 1.40. The van der Waals surface area contributed by atoms with Gasteiger partial charge in [-0.3, -0.25) is 14.4 Å². The summed E-state index contributed by atoms with van der Waals surface area (Å²) in [5.74, 6) is -0.544. The summed E-state index contributed by atoms with van der Waals surface area (Å²) in [5, 5.41) is 4.85. The van der Waals surface area contributed by atoms with Crippen molar-refractivity contribution in [1.82, 2.24) is 10.2 Å². The SMILES string of the molecule is O=C(NCc1ccccc1)c1cccc(OC(=O)C2CCN(C(=O)c3cccc4ccccc34)CC2)c1. The highest BCUT2D eigenvalue weighted by Crippen LogP contribution is 2.25. The van der Waals surface area contributed by atoms with Gasteiger partial charge in [-0.2, -0.15) is 0 Å². The zero-order valence-electron chi connectivity index (χ0n) is 20.4. The number of carbonyl (C=O) groups excluding carboxylic acids is 3. The van der Waals surface area contributed by atoms with E-state index in [1.807, 2.05) is 77.7 Å². The van der Waals surface area contributed by atoms with E-state index in [0.29, 0.717) is 49.4 Å². The first kappa shape index (κ1) is 24.3. The predicted molar refractivity (Wildman–Crippen MR) is 142 cm³/mol. The number of fused-ring (bicyclic) bond motifs is 1. The van der Waals surface area contributed by atoms with Gasteiger partial charge in [0.15, 0.2) is 0 Å². The predicted octanol–water partition coefficient (Wildman–Crippen LogP) is 5.23. The van der Waals surface area contributed by atoms with Crippen molar-refractivity contribution in [3.63, 3.8) is 0 Å². The van der Waals surface area contributed by atoms with Crippen LogP contribution in [0.25, 0.3) is 10.8 Å². The van der Waals surface area contributed by atoms with Crippen LogP contribution in [0.2, 0.25) is 0 Å². The van der Waals surface area contributed by atoms with E-state index in [1.54, 1.807) is 24.3 Å². The summed E-state index contributed by atoms with van der Waals surface area (Å²) in [6.07, 6.45) is 1.07. The summed E-state index contributed by atoms with van der Waals surface area (Å²) in [4.78, 5) is 40.4. The van der Waals surface area contributed by atoms with Crippen LogP contribution in [0, 0.1) is 5.92 Å². The van der Waals surface area contributed by atoms with Crippen LogP contribution in [0.15, 0.2) is 97.1 Å². The topological polar surface area (TPSA) is 75.7 Å². The van der Waals surface area contributed by atoms with Crippen LogP contribution in [0.1, 0.15) is 39.1 Å². The molecular weight excluding hydrogens is 464 g/mol. The Morgan fingerprint density at radius 3 is 2.32 bits per heavy atom. The lowest BCUT2D eigenvalue weighted by Crippen LogP contribution is -2.41. The Morgan fingerprint density at radius 1 is 0.811 bits per heavy atom. The van der Waals surface area contributed by atoms with Gasteiger partial charge in [-0.25, -0.2) is 0 Å². The third-order valence-corrected chi connectivity index (χ3v) is 6.75. The molecule has 1 fully saturated rings. The average Bonchev–Trinajstić information content (AvgIpc) is 2.96. The fourth-order valence-electron chi connectivity index (χ4n) is 4.68. The van der Waals surface area contributed by atoms with Crippen LogP contribution in [-0.2, 0) is 11.3 Å². The number of hydrogen-bond donors (Lipinski definition) is 1. The molecule has 1 aliphatic heterocycles. The molecule has 6 heteroatoms. The van der Waals surface area contributed by atoms with Crippen molar-refractivity contribution in [2.24, 2.45) is 5.92 Å². The van der Waals surface area contributed by atoms with Crippen LogP contribution in [-0.4, -0.2) is 35.8 Å². The normalized spacial score (nSPS) is 13.8. The summed E-state index contributed by atoms with van der Waals surface area (Å²) >= 11 is 0. The van der Waals surface area contributed by atoms with Crippen molar-refractivity contribution in [2.45, 2.75) is 19.4 Å². The lowest BCUT2D eigenvalue weighted by molar-refractivity contribution is -0.140. The molecule has 1 aliphatic rings. The maximum Gasteiger partial charge on any atom is 0.314 e. The largest absolute Gasteiger partial charge is 0.426 e. The lowest BCUT2D eigenvalue weighted by atomic mass is 9.95. The van der Waals surface area contributed by atoms with Gasteiger partial charge in [-0.1, -0.05) is 72.8 Å². The fraction of sp³-hybridized carbons (Fsp3) is 0.194. The van der Waals surface area contributed by atoms with Gasteiger partial charge >= 0.3 is 5.97 Å². The number of nitrogens with one attached hydrogen (secondary N) is 1. The molecule has 1 saturated heterocycles. The molecule has 5 rings (SSSR count). The molecule has 0 radical (unpaired) electrons. The summed E-state index contributed by atoms with van der Waals surface area (Å²) in [7, 11) is 0. The Hall–Kier alpha value is -4.45. The van der Waals surface area contributed by atoms with E-state index in [-0.39, 0.29) is 23.7 Å². The summed E-state index contributed by atoms with van der Waals surface area (Å²) < 4.78 is 5.62. The van der Waals surface area contributed by atoms with Crippen molar-refractivity contribution in [3.05, 3.63) is 114 Å². The van der Waals surface area contributed by atoms with Gasteiger partial charge in [0.1, 0.15) is 5.75 Å². The third-order valence-electron chi connectivity index (χ3n) is 6.75. The first-order valence-corrected chi connectivity index (χ1v) is 12.5. The highest BCUT2D eigenvalue weighted by molar-refractivity contribution is 6.07. The zero-order chi connectivity index (χ0) is 25.6. The van der Waals surface area contributed by atoms with Crippen molar-refractivity contribution >= 4 is 28.6 Å². The second-order valence-corrected chi connectivity index (χ2v) is 9.21. The molecule has 1 heterocycles. The maximum atomic E-state index is 13.2. The standard InChI is InChI=1S/C31H28N2O4/c34-29(32-21-22-8-2-1-3-9-22)25-12-6-13-26(20-25)37-31(36)24-16-18-33(19-17-24)30(35)28-15-7-11-23-10-4-5-14-27(23)28/h1-15,20,24H,16-19,21H2,(H,32,34). The molecule has 186 valence electrons. The van der Waals surface area contributed by atoms with Gasteiger partial charge in [0.2, 0.25) is 0 Å². The van der Waals surface area contributed by atoms with Crippen molar-refractivity contribution < 1.29 is 19.1 Å². The van der Waals surface area contributed by atoms with E-state index in [0.717, 1.165) is 16.3 Å². The van der Waals surface area contributed by atoms with Crippen LogP contribution in [0.3, 0.4) is 0 Å². The minimum absolute atomic E-state index is 0.0159. The van der Waals surface area contributed by atoms with Gasteiger partial charge in [-0.15, -0.1) is 0 Å². The number of hydrogen-bond acceptors (Lipinski definition) is 4. The van der Waals surface area contributed by atoms with Crippen molar-refractivity contribution in [3.8, 4) is 5.75 Å². The second-order valence-electron chi connectivity index (χ2n) is 9.21. The molecule has 0 unspecified atom stereocenters. The molecule has 2 amide bonds. The monoisotopic (exact) mass is 492 g/mol. The van der Waals surface area contributed by atoms with Crippen LogP contribution < -0.4 is 10.1 Å². The molecule has 0 bridgehead atoms. The number of ether oxygens (including phenoxy) is 1. The number of benzene rings is 4. The smallest absolute Gasteiger partial charge is 0.314 e. The molecule has 1 N–H and O–H groups in total. The van der Waals surface area contributed by atoms with E-state index in [9.17, 15) is 14.4 Å². The second kappa shape index (κ2) is 11.1. The number of carbonyl (C=O) groups is 3. The molecule has 0 aromatic heterocycles. The third kappa shape index (κ3) is 5.70. The quantitative estimate of drug-likeness (QED) is 0.296. The Bertz CT molecular complexity index is 1420. The highest BCUT2D eigenvalue weighted by atomic mass is 16.5. The van der Waals surface area contributed by atoms with Crippen molar-refractivity contribution in [2.75, 3.05) is 13.1 Å². The number of nitrogens with zero attached hydrogens (tertiary/aromatic N) is 1. The van der Waals surface area contributed by atoms with Gasteiger partial charge in [-0.05, 0) is 53.4 Å². The molecule has 0 atom stereocenters. The van der Waals surface area contributed by atoms with Crippen LogP contribution in [0.4, 0.5) is 0 Å². The van der Waals surface area contributed by atoms with Gasteiger partial charge in [0, 0.05) is 30.8 Å². The Morgan fingerprint density at radius 2 is 1.51 bits per heavy atom. The minimum Gasteiger partial charge on any atom is -0.426 e. The molecule has 4 aromatic carbocycles. The summed E-state index contributed by atoms with van der Waals surface area (Å²) in [6, 6.07) is 29.9. The molecule has 0 spiro atoms. The van der Waals surface area contributed by atoms with E-state index < -0.39 is 0 Å². The lowest BCUT2D eigenvalue weighted by Gasteiger charge is -2.31. The molecule has 0 aliphatic carbocycles. The van der Waals surface area contributed by atoms with Gasteiger partial charge in [0.05, 0.1) is 5.92 Å². The summed E-state index contributed by atoms with van der Waals surface area (Å²) in [5.41, 5.74) is 2.11. The number of likely N-dealkylation sites (tertiary alicyclic amines) is 1. The van der Waals surface area contributed by atoms with Gasteiger partial charge < -0.3 is 15.0 Å². The van der Waals surface area contributed by atoms with E-state index in [2.05, 4.69) is 5.32 Å². The molecule has 4 aromatic rings. The Labute approximate surface area is 215 Å². The number of piperidine rings is 1. The molecule has 37 heavy (non-hydrogen) atoms. The Kier molecular flexibility index (Phi) is 7.26. The Balaban J connectivity index is 1.16. The van der Waals surface area contributed by atoms with Gasteiger partial charge in [0.25, 0.3) is 11.8 Å². The zero-order valence-corrected chi connectivity index (χ0v) is 20.4. The molecule has 0 saturated carbocycles. The number of amides is 2. The minimum atomic E-state index is -0.334. The van der Waals surface area contributed by atoms with E-state index in [1.165, 1.54) is 0 Å². The first-order valence-electron chi connectivity index (χ1n) is 12.5. The maximum absolute atomic E-state index is 13.2. The van der Waals surface area contributed by atoms with Crippen molar-refractivity contribution in [1.29, 1.82) is 0 Å². The molecular formula is C31H28N2O4.